The Hall–Kier alpha value is -1.88. The van der Waals surface area contributed by atoms with Crippen LogP contribution in [0.3, 0.4) is 0 Å². The molecule has 20 heavy (non-hydrogen) atoms. The maximum absolute atomic E-state index is 12.1. The molecule has 1 atom stereocenters. The molecular formula is C15H21NO4. The average Bonchev–Trinajstić information content (AvgIpc) is 2.43. The Labute approximate surface area is 119 Å². The van der Waals surface area contributed by atoms with Gasteiger partial charge in [-0.05, 0) is 44.5 Å². The van der Waals surface area contributed by atoms with Gasteiger partial charge in [-0.3, -0.25) is 9.59 Å². The van der Waals surface area contributed by atoms with Gasteiger partial charge in [-0.15, -0.1) is 0 Å². The van der Waals surface area contributed by atoms with Crippen molar-refractivity contribution in [2.45, 2.75) is 38.8 Å². The third-order valence-corrected chi connectivity index (χ3v) is 2.73. The lowest BCUT2D eigenvalue weighted by Crippen LogP contribution is -2.31. The zero-order valence-corrected chi connectivity index (χ0v) is 12.1. The maximum atomic E-state index is 12.1. The van der Waals surface area contributed by atoms with Gasteiger partial charge in [0.2, 0.25) is 0 Å². The van der Waals surface area contributed by atoms with Crippen LogP contribution in [0.4, 0.5) is 0 Å². The van der Waals surface area contributed by atoms with Gasteiger partial charge in [-0.1, -0.05) is 0 Å². The number of ketones is 1. The van der Waals surface area contributed by atoms with E-state index in [-0.39, 0.29) is 30.7 Å². The Balaban J connectivity index is 2.60. The van der Waals surface area contributed by atoms with Crippen LogP contribution >= 0.6 is 0 Å². The molecule has 1 aromatic rings. The molecule has 0 saturated heterocycles. The molecule has 1 aromatic carbocycles. The molecule has 110 valence electrons. The van der Waals surface area contributed by atoms with Crippen LogP contribution in [0.15, 0.2) is 24.3 Å². The van der Waals surface area contributed by atoms with Crippen molar-refractivity contribution in [1.29, 1.82) is 0 Å². The monoisotopic (exact) mass is 279 g/mol. The Kier molecular flexibility index (Phi) is 6.18. The number of Topliss-reactive ketones (excluding diaryl/α,β-unsaturated/α-hetero) is 1. The van der Waals surface area contributed by atoms with Crippen molar-refractivity contribution in [2.24, 2.45) is 5.73 Å². The summed E-state index contributed by atoms with van der Waals surface area (Å²) in [5.41, 5.74) is 6.29. The lowest BCUT2D eigenvalue weighted by atomic mass is 10.0. The molecule has 0 radical (unpaired) electrons. The highest BCUT2D eigenvalue weighted by atomic mass is 16.5. The summed E-state index contributed by atoms with van der Waals surface area (Å²) in [6.07, 6.45) is 0.493. The maximum Gasteiger partial charge on any atom is 0.305 e. The van der Waals surface area contributed by atoms with Crippen LogP contribution < -0.4 is 10.5 Å². The van der Waals surface area contributed by atoms with E-state index in [0.29, 0.717) is 11.3 Å². The molecule has 0 aromatic heterocycles. The van der Waals surface area contributed by atoms with Crippen LogP contribution in [0.25, 0.3) is 0 Å². The van der Waals surface area contributed by atoms with Crippen LogP contribution in [0.1, 0.15) is 37.0 Å². The van der Waals surface area contributed by atoms with Crippen LogP contribution in [0, 0.1) is 0 Å². The largest absolute Gasteiger partial charge is 0.491 e. The molecule has 5 heteroatoms. The molecule has 1 rings (SSSR count). The van der Waals surface area contributed by atoms with Crippen molar-refractivity contribution in [3.8, 4) is 5.75 Å². The van der Waals surface area contributed by atoms with E-state index in [2.05, 4.69) is 4.74 Å². The second-order valence-electron chi connectivity index (χ2n) is 4.78. The summed E-state index contributed by atoms with van der Waals surface area (Å²) in [6.45, 7) is 3.86. The number of hydrogen-bond donors (Lipinski definition) is 1. The van der Waals surface area contributed by atoms with Crippen molar-refractivity contribution >= 4 is 11.8 Å². The van der Waals surface area contributed by atoms with E-state index in [0.717, 1.165) is 0 Å². The highest BCUT2D eigenvalue weighted by Crippen LogP contribution is 2.15. The highest BCUT2D eigenvalue weighted by molar-refractivity contribution is 6.00. The first-order valence-electron chi connectivity index (χ1n) is 6.57. The van der Waals surface area contributed by atoms with E-state index in [1.807, 2.05) is 13.8 Å². The molecule has 1 unspecified atom stereocenters. The van der Waals surface area contributed by atoms with Gasteiger partial charge >= 0.3 is 5.97 Å². The number of benzene rings is 1. The fraction of sp³-hybridized carbons (Fsp3) is 0.467. The third kappa shape index (κ3) is 5.01. The molecule has 0 aliphatic heterocycles. The minimum atomic E-state index is -0.703. The molecule has 0 spiro atoms. The summed E-state index contributed by atoms with van der Waals surface area (Å²) in [5.74, 6) is 0.151. The van der Waals surface area contributed by atoms with E-state index in [1.165, 1.54) is 7.11 Å². The molecule has 2 N–H and O–H groups in total. The smallest absolute Gasteiger partial charge is 0.305 e. The Morgan fingerprint density at radius 1 is 1.20 bits per heavy atom. The molecule has 0 heterocycles. The number of esters is 1. The summed E-state index contributed by atoms with van der Waals surface area (Å²) in [4.78, 5) is 23.1. The minimum absolute atomic E-state index is 0.0823. The summed E-state index contributed by atoms with van der Waals surface area (Å²) in [7, 11) is 1.31. The first-order valence-corrected chi connectivity index (χ1v) is 6.57. The number of nitrogens with two attached hydrogens (primary N) is 1. The fourth-order valence-corrected chi connectivity index (χ4v) is 1.69. The molecule has 5 nitrogen and oxygen atoms in total. The van der Waals surface area contributed by atoms with Crippen molar-refractivity contribution in [3.63, 3.8) is 0 Å². The van der Waals surface area contributed by atoms with Crippen molar-refractivity contribution in [3.05, 3.63) is 29.8 Å². The fourth-order valence-electron chi connectivity index (χ4n) is 1.69. The Morgan fingerprint density at radius 2 is 1.80 bits per heavy atom. The van der Waals surface area contributed by atoms with Gasteiger partial charge in [0.1, 0.15) is 5.75 Å². The molecule has 0 fully saturated rings. The van der Waals surface area contributed by atoms with Gasteiger partial charge in [-0.2, -0.15) is 0 Å². The standard InChI is InChI=1S/C15H21NO4/c1-10(2)20-12-6-4-11(5-7-12)15(18)13(16)8-9-14(17)19-3/h4-7,10,13H,8-9,16H2,1-3H3. The molecular weight excluding hydrogens is 258 g/mol. The van der Waals surface area contributed by atoms with E-state index >= 15 is 0 Å². The topological polar surface area (TPSA) is 78.6 Å². The molecule has 0 bridgehead atoms. The van der Waals surface area contributed by atoms with Crippen molar-refractivity contribution < 1.29 is 19.1 Å². The number of ether oxygens (including phenoxy) is 2. The quantitative estimate of drug-likeness (QED) is 0.609. The minimum Gasteiger partial charge on any atom is -0.491 e. The number of rotatable bonds is 7. The van der Waals surface area contributed by atoms with Crippen LogP contribution in [-0.4, -0.2) is 31.0 Å². The zero-order chi connectivity index (χ0) is 15.1. The first-order chi connectivity index (χ1) is 9.43. The summed E-state index contributed by atoms with van der Waals surface area (Å²) < 4.78 is 10.0. The average molecular weight is 279 g/mol. The predicted molar refractivity (Wildman–Crippen MR) is 75.8 cm³/mol. The lowest BCUT2D eigenvalue weighted by Gasteiger charge is -2.12. The Bertz CT molecular complexity index is 453. The number of carbonyl (C=O) groups is 2. The van der Waals surface area contributed by atoms with Gasteiger partial charge < -0.3 is 15.2 Å². The summed E-state index contributed by atoms with van der Waals surface area (Å²) in [5, 5.41) is 0. The van der Waals surface area contributed by atoms with Gasteiger partial charge in [0, 0.05) is 12.0 Å². The van der Waals surface area contributed by atoms with Gasteiger partial charge in [0.25, 0.3) is 0 Å². The van der Waals surface area contributed by atoms with Crippen molar-refractivity contribution in [2.75, 3.05) is 7.11 Å². The van der Waals surface area contributed by atoms with Crippen molar-refractivity contribution in [1.82, 2.24) is 0 Å². The van der Waals surface area contributed by atoms with E-state index in [9.17, 15) is 9.59 Å². The van der Waals surface area contributed by atoms with Crippen LogP contribution in [0.5, 0.6) is 5.75 Å². The second kappa shape index (κ2) is 7.65. The number of methoxy groups -OCH3 is 1. The van der Waals surface area contributed by atoms with E-state index < -0.39 is 6.04 Å². The number of carbonyl (C=O) groups excluding carboxylic acids is 2. The number of hydrogen-bond acceptors (Lipinski definition) is 5. The highest BCUT2D eigenvalue weighted by Gasteiger charge is 2.17. The molecule has 0 amide bonds. The van der Waals surface area contributed by atoms with E-state index in [4.69, 9.17) is 10.5 Å². The van der Waals surface area contributed by atoms with Gasteiger partial charge in [0.15, 0.2) is 5.78 Å². The van der Waals surface area contributed by atoms with E-state index in [1.54, 1.807) is 24.3 Å². The lowest BCUT2D eigenvalue weighted by molar-refractivity contribution is -0.140. The van der Waals surface area contributed by atoms with Gasteiger partial charge in [0.05, 0.1) is 19.3 Å². The summed E-state index contributed by atoms with van der Waals surface area (Å²) in [6, 6.07) is 6.13. The first kappa shape index (κ1) is 16.2. The van der Waals surface area contributed by atoms with Crippen LogP contribution in [-0.2, 0) is 9.53 Å². The molecule has 0 aliphatic carbocycles. The van der Waals surface area contributed by atoms with Crippen LogP contribution in [0.2, 0.25) is 0 Å². The molecule has 0 saturated carbocycles. The SMILES string of the molecule is COC(=O)CCC(N)C(=O)c1ccc(OC(C)C)cc1. The zero-order valence-electron chi connectivity index (χ0n) is 12.1. The summed E-state index contributed by atoms with van der Waals surface area (Å²) >= 11 is 0. The Morgan fingerprint density at radius 3 is 2.30 bits per heavy atom. The predicted octanol–water partition coefficient (Wildman–Crippen LogP) is 1.94. The third-order valence-electron chi connectivity index (χ3n) is 2.73. The molecule has 0 aliphatic rings. The second-order valence-corrected chi connectivity index (χ2v) is 4.78. The normalized spacial score (nSPS) is 12.1. The van der Waals surface area contributed by atoms with Gasteiger partial charge in [-0.25, -0.2) is 0 Å².